The molecule has 2 heterocycles. The Morgan fingerprint density at radius 3 is 3.00 bits per heavy atom. The molecule has 5 heteroatoms. The molecule has 0 aromatic carbocycles. The van der Waals surface area contributed by atoms with E-state index in [1.807, 2.05) is 0 Å². The molecule has 1 aliphatic rings. The van der Waals surface area contributed by atoms with Crippen LogP contribution in [0.5, 0.6) is 0 Å². The van der Waals surface area contributed by atoms with Crippen LogP contribution >= 0.6 is 27.3 Å². The van der Waals surface area contributed by atoms with Gasteiger partial charge in [0.05, 0.1) is 6.42 Å². The second-order valence-corrected chi connectivity index (χ2v) is 7.03. The summed E-state index contributed by atoms with van der Waals surface area (Å²) in [6.07, 6.45) is 3.62. The predicted molar refractivity (Wildman–Crippen MR) is 77.1 cm³/mol. The zero-order valence-electron chi connectivity index (χ0n) is 10.5. The SMILES string of the molecule is Cc1sc(CN2CCCCC2CC(=O)O)cc1Br. The molecule has 0 bridgehead atoms. The van der Waals surface area contributed by atoms with E-state index in [1.165, 1.54) is 16.2 Å². The molecule has 3 nitrogen and oxygen atoms in total. The van der Waals surface area contributed by atoms with Crippen molar-refractivity contribution in [3.63, 3.8) is 0 Å². The number of aliphatic carboxylic acids is 1. The van der Waals surface area contributed by atoms with Gasteiger partial charge in [0, 0.05) is 26.8 Å². The molecule has 0 radical (unpaired) electrons. The molecule has 18 heavy (non-hydrogen) atoms. The van der Waals surface area contributed by atoms with E-state index in [9.17, 15) is 4.79 Å². The third-order valence-corrected chi connectivity index (χ3v) is 5.55. The minimum atomic E-state index is -0.685. The molecule has 1 aromatic rings. The van der Waals surface area contributed by atoms with E-state index in [0.717, 1.165) is 30.4 Å². The van der Waals surface area contributed by atoms with Crippen molar-refractivity contribution in [1.82, 2.24) is 4.90 Å². The van der Waals surface area contributed by atoms with E-state index >= 15 is 0 Å². The maximum absolute atomic E-state index is 10.9. The van der Waals surface area contributed by atoms with Gasteiger partial charge in [0.25, 0.3) is 0 Å². The monoisotopic (exact) mass is 331 g/mol. The Balaban J connectivity index is 2.02. The van der Waals surface area contributed by atoms with Crippen molar-refractivity contribution in [3.8, 4) is 0 Å². The number of likely N-dealkylation sites (tertiary alicyclic amines) is 1. The number of piperidine rings is 1. The number of hydrogen-bond acceptors (Lipinski definition) is 3. The number of carbonyl (C=O) groups is 1. The number of nitrogens with zero attached hydrogens (tertiary/aromatic N) is 1. The van der Waals surface area contributed by atoms with E-state index in [4.69, 9.17) is 5.11 Å². The van der Waals surface area contributed by atoms with Crippen molar-refractivity contribution in [1.29, 1.82) is 0 Å². The number of hydrogen-bond donors (Lipinski definition) is 1. The third kappa shape index (κ3) is 3.56. The summed E-state index contributed by atoms with van der Waals surface area (Å²) in [5.41, 5.74) is 0. The van der Waals surface area contributed by atoms with Gasteiger partial charge in [-0.3, -0.25) is 9.69 Å². The Kier molecular flexibility index (Phi) is 4.81. The predicted octanol–water partition coefficient (Wildman–Crippen LogP) is 3.65. The first-order valence-electron chi connectivity index (χ1n) is 6.27. The van der Waals surface area contributed by atoms with Gasteiger partial charge in [-0.25, -0.2) is 0 Å². The van der Waals surface area contributed by atoms with Gasteiger partial charge >= 0.3 is 5.97 Å². The normalized spacial score (nSPS) is 21.1. The number of thiophene rings is 1. The van der Waals surface area contributed by atoms with Crippen LogP contribution in [0.15, 0.2) is 10.5 Å². The Hall–Kier alpha value is -0.390. The van der Waals surface area contributed by atoms with E-state index in [0.29, 0.717) is 0 Å². The maximum Gasteiger partial charge on any atom is 0.304 e. The van der Waals surface area contributed by atoms with Crippen molar-refractivity contribution in [3.05, 3.63) is 20.3 Å². The fraction of sp³-hybridized carbons (Fsp3) is 0.615. The van der Waals surface area contributed by atoms with Crippen molar-refractivity contribution >= 4 is 33.2 Å². The van der Waals surface area contributed by atoms with Crippen LogP contribution in [0, 0.1) is 6.92 Å². The number of carboxylic acids is 1. The summed E-state index contributed by atoms with van der Waals surface area (Å²) in [5, 5.41) is 8.97. The van der Waals surface area contributed by atoms with Crippen LogP contribution in [0.4, 0.5) is 0 Å². The van der Waals surface area contributed by atoms with Crippen molar-refractivity contribution < 1.29 is 9.90 Å². The molecule has 0 amide bonds. The zero-order chi connectivity index (χ0) is 13.1. The van der Waals surface area contributed by atoms with Crippen LogP contribution in [-0.4, -0.2) is 28.6 Å². The number of rotatable bonds is 4. The molecule has 1 N–H and O–H groups in total. The zero-order valence-corrected chi connectivity index (χ0v) is 12.9. The number of aryl methyl sites for hydroxylation is 1. The van der Waals surface area contributed by atoms with Crippen LogP contribution in [0.2, 0.25) is 0 Å². The van der Waals surface area contributed by atoms with E-state index < -0.39 is 5.97 Å². The molecule has 0 aliphatic carbocycles. The summed E-state index contributed by atoms with van der Waals surface area (Å²) >= 11 is 5.33. The fourth-order valence-electron chi connectivity index (χ4n) is 2.50. The first-order chi connectivity index (χ1) is 8.56. The highest BCUT2D eigenvalue weighted by Gasteiger charge is 2.25. The highest BCUT2D eigenvalue weighted by atomic mass is 79.9. The molecule has 1 unspecified atom stereocenters. The van der Waals surface area contributed by atoms with Gasteiger partial charge in [0.15, 0.2) is 0 Å². The topological polar surface area (TPSA) is 40.5 Å². The van der Waals surface area contributed by atoms with Gasteiger partial charge in [0.2, 0.25) is 0 Å². The molecule has 1 fully saturated rings. The first kappa shape index (κ1) is 14.0. The molecule has 100 valence electrons. The lowest BCUT2D eigenvalue weighted by molar-refractivity contribution is -0.138. The highest BCUT2D eigenvalue weighted by molar-refractivity contribution is 9.10. The van der Waals surface area contributed by atoms with E-state index in [1.54, 1.807) is 11.3 Å². The maximum atomic E-state index is 10.9. The lowest BCUT2D eigenvalue weighted by atomic mass is 9.99. The van der Waals surface area contributed by atoms with Gasteiger partial charge < -0.3 is 5.11 Å². The smallest absolute Gasteiger partial charge is 0.304 e. The Labute approximate surface area is 120 Å². The van der Waals surface area contributed by atoms with Crippen LogP contribution in [0.1, 0.15) is 35.4 Å². The van der Waals surface area contributed by atoms with Crippen molar-refractivity contribution in [2.24, 2.45) is 0 Å². The third-order valence-electron chi connectivity index (χ3n) is 3.43. The van der Waals surface area contributed by atoms with E-state index in [2.05, 4.69) is 33.8 Å². The Morgan fingerprint density at radius 2 is 2.39 bits per heavy atom. The van der Waals surface area contributed by atoms with Crippen molar-refractivity contribution in [2.75, 3.05) is 6.54 Å². The Morgan fingerprint density at radius 1 is 1.61 bits per heavy atom. The summed E-state index contributed by atoms with van der Waals surface area (Å²) in [5.74, 6) is -0.685. The summed E-state index contributed by atoms with van der Waals surface area (Å²) in [7, 11) is 0. The van der Waals surface area contributed by atoms with Gasteiger partial charge in [-0.15, -0.1) is 11.3 Å². The lowest BCUT2D eigenvalue weighted by Crippen LogP contribution is -2.40. The minimum absolute atomic E-state index is 0.206. The minimum Gasteiger partial charge on any atom is -0.481 e. The molecule has 1 aliphatic heterocycles. The van der Waals surface area contributed by atoms with Crippen LogP contribution < -0.4 is 0 Å². The van der Waals surface area contributed by atoms with Gasteiger partial charge in [0.1, 0.15) is 0 Å². The van der Waals surface area contributed by atoms with Crippen LogP contribution in [0.3, 0.4) is 0 Å². The molecular formula is C13H18BrNO2S. The summed E-state index contributed by atoms with van der Waals surface area (Å²) in [6, 6.07) is 2.37. The Bertz CT molecular complexity index is 413. The molecular weight excluding hydrogens is 314 g/mol. The van der Waals surface area contributed by atoms with E-state index in [-0.39, 0.29) is 12.5 Å². The first-order valence-corrected chi connectivity index (χ1v) is 7.88. The number of carboxylic acid groups (broad SMARTS) is 1. The number of halogens is 1. The second kappa shape index (κ2) is 6.17. The quantitative estimate of drug-likeness (QED) is 0.915. The highest BCUT2D eigenvalue weighted by Crippen LogP contribution is 2.29. The summed E-state index contributed by atoms with van der Waals surface area (Å²) in [4.78, 5) is 15.8. The lowest BCUT2D eigenvalue weighted by Gasteiger charge is -2.34. The fourth-order valence-corrected chi connectivity index (χ4v) is 4.12. The molecule has 1 saturated heterocycles. The summed E-state index contributed by atoms with van der Waals surface area (Å²) < 4.78 is 1.16. The molecule has 0 saturated carbocycles. The van der Waals surface area contributed by atoms with Gasteiger partial charge in [-0.2, -0.15) is 0 Å². The van der Waals surface area contributed by atoms with Gasteiger partial charge in [-0.1, -0.05) is 6.42 Å². The average Bonchev–Trinajstić information content (AvgIpc) is 2.60. The standard InChI is InChI=1S/C13H18BrNO2S/c1-9-12(14)7-11(18-9)8-15-5-3-2-4-10(15)6-13(16)17/h7,10H,2-6,8H2,1H3,(H,16,17). The van der Waals surface area contributed by atoms with Gasteiger partial charge in [-0.05, 0) is 48.3 Å². The second-order valence-electron chi connectivity index (χ2n) is 4.83. The van der Waals surface area contributed by atoms with Crippen LogP contribution in [-0.2, 0) is 11.3 Å². The molecule has 2 rings (SSSR count). The van der Waals surface area contributed by atoms with Crippen LogP contribution in [0.25, 0.3) is 0 Å². The molecule has 0 spiro atoms. The summed E-state index contributed by atoms with van der Waals surface area (Å²) in [6.45, 7) is 4.00. The molecule has 1 atom stereocenters. The average molecular weight is 332 g/mol. The molecule has 1 aromatic heterocycles. The van der Waals surface area contributed by atoms with Crippen molar-refractivity contribution in [2.45, 2.75) is 45.2 Å². The largest absolute Gasteiger partial charge is 0.481 e.